The highest BCUT2D eigenvalue weighted by atomic mass is 16.5. The number of nitrogens with one attached hydrogen (secondary N) is 2. The molecule has 1 heterocycles. The second-order valence-corrected chi connectivity index (χ2v) is 4.18. The molecule has 2 fully saturated rings. The number of methoxy groups -OCH3 is 1. The zero-order chi connectivity index (χ0) is 9.97. The van der Waals surface area contributed by atoms with E-state index in [0.29, 0.717) is 12.1 Å². The zero-order valence-electron chi connectivity index (χ0n) is 8.58. The fourth-order valence-corrected chi connectivity index (χ4v) is 2.09. The summed E-state index contributed by atoms with van der Waals surface area (Å²) in [6, 6.07) is 0.395. The predicted molar refractivity (Wildman–Crippen MR) is 53.0 cm³/mol. The van der Waals surface area contributed by atoms with Gasteiger partial charge in [0.25, 0.3) is 0 Å². The molecule has 1 aliphatic carbocycles. The van der Waals surface area contributed by atoms with Crippen molar-refractivity contribution in [1.29, 1.82) is 0 Å². The van der Waals surface area contributed by atoms with E-state index < -0.39 is 0 Å². The Balaban J connectivity index is 1.68. The average molecular weight is 198 g/mol. The summed E-state index contributed by atoms with van der Waals surface area (Å²) in [5, 5.41) is 6.23. The van der Waals surface area contributed by atoms with Crippen molar-refractivity contribution < 1.29 is 9.53 Å². The topological polar surface area (TPSA) is 50.4 Å². The summed E-state index contributed by atoms with van der Waals surface area (Å²) in [5.74, 6) is 0.169. The maximum atomic E-state index is 11.6. The van der Waals surface area contributed by atoms with Gasteiger partial charge in [0.1, 0.15) is 0 Å². The van der Waals surface area contributed by atoms with E-state index in [-0.39, 0.29) is 11.9 Å². The Bertz CT molecular complexity index is 208. The van der Waals surface area contributed by atoms with Crippen LogP contribution in [-0.2, 0) is 9.53 Å². The van der Waals surface area contributed by atoms with E-state index in [1.54, 1.807) is 7.11 Å². The Morgan fingerprint density at radius 3 is 2.86 bits per heavy atom. The molecule has 1 unspecified atom stereocenters. The normalized spacial score (nSPS) is 36.5. The molecule has 80 valence electrons. The molecule has 0 aromatic carbocycles. The summed E-state index contributed by atoms with van der Waals surface area (Å²) in [7, 11) is 1.72. The van der Waals surface area contributed by atoms with Crippen LogP contribution in [0, 0.1) is 0 Å². The lowest BCUT2D eigenvalue weighted by molar-refractivity contribution is -0.125. The molecule has 0 aromatic rings. The van der Waals surface area contributed by atoms with E-state index in [9.17, 15) is 4.79 Å². The molecule has 0 aromatic heterocycles. The van der Waals surface area contributed by atoms with Gasteiger partial charge in [-0.05, 0) is 32.2 Å². The summed E-state index contributed by atoms with van der Waals surface area (Å²) in [5.41, 5.74) is 0. The largest absolute Gasteiger partial charge is 0.381 e. The quantitative estimate of drug-likeness (QED) is 0.673. The van der Waals surface area contributed by atoms with Gasteiger partial charge in [-0.3, -0.25) is 4.79 Å². The summed E-state index contributed by atoms with van der Waals surface area (Å²) >= 11 is 0. The number of ether oxygens (including phenoxy) is 1. The molecule has 1 amide bonds. The molecule has 0 spiro atoms. The van der Waals surface area contributed by atoms with Gasteiger partial charge in [-0.15, -0.1) is 0 Å². The molecule has 0 bridgehead atoms. The minimum Gasteiger partial charge on any atom is -0.381 e. The molecule has 4 heteroatoms. The highest BCUT2D eigenvalue weighted by Crippen LogP contribution is 2.22. The molecule has 2 N–H and O–H groups in total. The Morgan fingerprint density at radius 1 is 1.50 bits per heavy atom. The fraction of sp³-hybridized carbons (Fsp3) is 0.900. The molecule has 2 aliphatic rings. The summed E-state index contributed by atoms with van der Waals surface area (Å²) in [4.78, 5) is 11.6. The molecule has 14 heavy (non-hydrogen) atoms. The number of hydrogen-bond donors (Lipinski definition) is 2. The zero-order valence-corrected chi connectivity index (χ0v) is 8.58. The van der Waals surface area contributed by atoms with Crippen molar-refractivity contribution in [2.45, 2.75) is 43.9 Å². The number of carbonyl (C=O) groups excluding carboxylic acids is 1. The van der Waals surface area contributed by atoms with Crippen molar-refractivity contribution in [2.24, 2.45) is 0 Å². The van der Waals surface area contributed by atoms with Crippen LogP contribution in [0.5, 0.6) is 0 Å². The van der Waals surface area contributed by atoms with Gasteiger partial charge in [0.05, 0.1) is 12.1 Å². The van der Waals surface area contributed by atoms with Crippen molar-refractivity contribution in [2.75, 3.05) is 13.7 Å². The third-order valence-electron chi connectivity index (χ3n) is 3.15. The van der Waals surface area contributed by atoms with Crippen LogP contribution in [-0.4, -0.2) is 37.7 Å². The Hall–Kier alpha value is -0.610. The van der Waals surface area contributed by atoms with Crippen molar-refractivity contribution in [3.05, 3.63) is 0 Å². The first-order valence-corrected chi connectivity index (χ1v) is 5.36. The van der Waals surface area contributed by atoms with Crippen molar-refractivity contribution in [1.82, 2.24) is 10.6 Å². The number of carbonyl (C=O) groups is 1. The van der Waals surface area contributed by atoms with Gasteiger partial charge in [-0.1, -0.05) is 0 Å². The van der Waals surface area contributed by atoms with Crippen LogP contribution in [0.4, 0.5) is 0 Å². The predicted octanol–water partition coefficient (Wildman–Crippen LogP) is 0.0320. The molecule has 1 aliphatic heterocycles. The van der Waals surface area contributed by atoms with Crippen LogP contribution in [0.3, 0.4) is 0 Å². The summed E-state index contributed by atoms with van der Waals surface area (Å²) < 4.78 is 5.16. The SMILES string of the molecule is COC1CC(NC(=O)C2CCCN2)C1. The first kappa shape index (κ1) is 9.93. The molecule has 1 saturated carbocycles. The Morgan fingerprint density at radius 2 is 2.29 bits per heavy atom. The molecule has 4 nitrogen and oxygen atoms in total. The van der Waals surface area contributed by atoms with Crippen LogP contribution >= 0.6 is 0 Å². The van der Waals surface area contributed by atoms with Gasteiger partial charge in [-0.2, -0.15) is 0 Å². The van der Waals surface area contributed by atoms with Crippen LogP contribution in [0.25, 0.3) is 0 Å². The average Bonchev–Trinajstić information content (AvgIpc) is 2.62. The lowest BCUT2D eigenvalue weighted by Crippen LogP contribution is -2.52. The van der Waals surface area contributed by atoms with Gasteiger partial charge < -0.3 is 15.4 Å². The van der Waals surface area contributed by atoms with Gasteiger partial charge in [0, 0.05) is 13.2 Å². The van der Waals surface area contributed by atoms with Gasteiger partial charge in [0.15, 0.2) is 0 Å². The smallest absolute Gasteiger partial charge is 0.237 e. The summed E-state index contributed by atoms with van der Waals surface area (Å²) in [6.45, 7) is 0.976. The third-order valence-corrected chi connectivity index (χ3v) is 3.15. The van der Waals surface area contributed by atoms with E-state index >= 15 is 0 Å². The lowest BCUT2D eigenvalue weighted by Gasteiger charge is -2.35. The molecular weight excluding hydrogens is 180 g/mol. The monoisotopic (exact) mass is 198 g/mol. The van der Waals surface area contributed by atoms with Gasteiger partial charge >= 0.3 is 0 Å². The first-order chi connectivity index (χ1) is 6.79. The second kappa shape index (κ2) is 4.28. The molecule has 0 radical (unpaired) electrons. The highest BCUT2D eigenvalue weighted by molar-refractivity contribution is 5.82. The Kier molecular flexibility index (Phi) is 3.03. The van der Waals surface area contributed by atoms with Gasteiger partial charge in [-0.25, -0.2) is 0 Å². The number of rotatable bonds is 3. The maximum Gasteiger partial charge on any atom is 0.237 e. The summed E-state index contributed by atoms with van der Waals surface area (Å²) in [6.07, 6.45) is 4.39. The van der Waals surface area contributed by atoms with E-state index in [2.05, 4.69) is 10.6 Å². The number of amides is 1. The van der Waals surface area contributed by atoms with E-state index in [4.69, 9.17) is 4.74 Å². The van der Waals surface area contributed by atoms with Crippen LogP contribution in [0.15, 0.2) is 0 Å². The first-order valence-electron chi connectivity index (χ1n) is 5.36. The standard InChI is InChI=1S/C10H18N2O2/c1-14-8-5-7(6-8)12-10(13)9-3-2-4-11-9/h7-9,11H,2-6H2,1H3,(H,12,13). The molecule has 1 atom stereocenters. The van der Waals surface area contributed by atoms with Crippen molar-refractivity contribution in [3.63, 3.8) is 0 Å². The fourth-order valence-electron chi connectivity index (χ4n) is 2.09. The minimum absolute atomic E-state index is 0.0524. The molecule has 2 rings (SSSR count). The van der Waals surface area contributed by atoms with E-state index in [1.165, 1.54) is 0 Å². The highest BCUT2D eigenvalue weighted by Gasteiger charge is 2.32. The second-order valence-electron chi connectivity index (χ2n) is 4.18. The van der Waals surface area contributed by atoms with Crippen molar-refractivity contribution in [3.8, 4) is 0 Å². The lowest BCUT2D eigenvalue weighted by atomic mass is 9.89. The minimum atomic E-state index is 0.0524. The van der Waals surface area contributed by atoms with Crippen LogP contribution in [0.2, 0.25) is 0 Å². The van der Waals surface area contributed by atoms with Crippen molar-refractivity contribution >= 4 is 5.91 Å². The van der Waals surface area contributed by atoms with Crippen LogP contribution < -0.4 is 10.6 Å². The number of hydrogen-bond acceptors (Lipinski definition) is 3. The Labute approximate surface area is 84.4 Å². The maximum absolute atomic E-state index is 11.6. The molecular formula is C10H18N2O2. The van der Waals surface area contributed by atoms with Gasteiger partial charge in [0.2, 0.25) is 5.91 Å². The third kappa shape index (κ3) is 2.07. The van der Waals surface area contributed by atoms with E-state index in [0.717, 1.165) is 32.2 Å². The van der Waals surface area contributed by atoms with E-state index in [1.807, 2.05) is 0 Å². The molecule has 1 saturated heterocycles. The van der Waals surface area contributed by atoms with Crippen LogP contribution in [0.1, 0.15) is 25.7 Å².